The molecule has 5 nitrogen and oxygen atoms in total. The summed E-state index contributed by atoms with van der Waals surface area (Å²) < 4.78 is 1.84. The van der Waals surface area contributed by atoms with Gasteiger partial charge >= 0.3 is 0 Å². The highest BCUT2D eigenvalue weighted by molar-refractivity contribution is 5.66. The van der Waals surface area contributed by atoms with Crippen LogP contribution in [-0.4, -0.2) is 21.8 Å². The Morgan fingerprint density at radius 1 is 1.44 bits per heavy atom. The maximum Gasteiger partial charge on any atom is 0.150 e. The zero-order valence-electron chi connectivity index (χ0n) is 11.1. The summed E-state index contributed by atoms with van der Waals surface area (Å²) in [6.45, 7) is 2.82. The van der Waals surface area contributed by atoms with E-state index in [1.807, 2.05) is 31.0 Å². The van der Waals surface area contributed by atoms with Crippen molar-refractivity contribution in [3.63, 3.8) is 0 Å². The Bertz CT molecular complexity index is 518. The number of aromatic nitrogens is 3. The number of aryl methyl sites for hydroxylation is 2. The Hall–Kier alpha value is -2.04. The van der Waals surface area contributed by atoms with Gasteiger partial charge in [-0.25, -0.2) is 0 Å². The third-order valence-electron chi connectivity index (χ3n) is 2.97. The van der Waals surface area contributed by atoms with Crippen molar-refractivity contribution in [2.24, 2.45) is 7.05 Å². The Morgan fingerprint density at radius 3 is 2.78 bits per heavy atom. The number of nitrogens with zero attached hydrogens (tertiary/aromatic N) is 4. The van der Waals surface area contributed by atoms with Crippen molar-refractivity contribution in [2.75, 3.05) is 17.7 Å². The minimum atomic E-state index is 0.765. The molecule has 0 aliphatic carbocycles. The van der Waals surface area contributed by atoms with Crippen molar-refractivity contribution in [3.05, 3.63) is 35.8 Å². The molecule has 2 aromatic heterocycles. The van der Waals surface area contributed by atoms with Crippen LogP contribution in [0.4, 0.5) is 11.5 Å². The molecule has 0 aromatic carbocycles. The first-order valence-electron chi connectivity index (χ1n) is 6.04. The number of anilines is 2. The number of hydrogen-bond donors (Lipinski definition) is 1. The Kier molecular flexibility index (Phi) is 3.50. The molecule has 0 bridgehead atoms. The summed E-state index contributed by atoms with van der Waals surface area (Å²) in [7, 11) is 3.93. The van der Waals surface area contributed by atoms with E-state index in [-0.39, 0.29) is 0 Å². The third kappa shape index (κ3) is 2.30. The van der Waals surface area contributed by atoms with Gasteiger partial charge in [-0.15, -0.1) is 0 Å². The molecule has 5 heteroatoms. The molecule has 0 fully saturated rings. The molecule has 0 unspecified atom stereocenters. The molecule has 2 rings (SSSR count). The number of rotatable bonds is 4. The lowest BCUT2D eigenvalue weighted by Gasteiger charge is -2.19. The first kappa shape index (κ1) is 12.4. The second-order valence-electron chi connectivity index (χ2n) is 4.38. The Morgan fingerprint density at radius 2 is 2.22 bits per heavy atom. The molecule has 2 aromatic rings. The quantitative estimate of drug-likeness (QED) is 0.888. The summed E-state index contributed by atoms with van der Waals surface area (Å²) in [4.78, 5) is 6.21. The van der Waals surface area contributed by atoms with Crippen molar-refractivity contribution in [2.45, 2.75) is 19.9 Å². The summed E-state index contributed by atoms with van der Waals surface area (Å²) in [5.74, 6) is 0.954. The third-order valence-corrected chi connectivity index (χ3v) is 2.97. The Balaban J connectivity index is 2.24. The normalized spacial score (nSPS) is 10.6. The molecule has 0 aliphatic rings. The van der Waals surface area contributed by atoms with Gasteiger partial charge in [0.15, 0.2) is 0 Å². The average molecular weight is 245 g/mol. The van der Waals surface area contributed by atoms with Crippen molar-refractivity contribution in [3.8, 4) is 0 Å². The zero-order chi connectivity index (χ0) is 13.1. The van der Waals surface area contributed by atoms with E-state index in [4.69, 9.17) is 5.73 Å². The summed E-state index contributed by atoms with van der Waals surface area (Å²) in [5, 5.41) is 4.43. The highest BCUT2D eigenvalue weighted by atomic mass is 15.4. The van der Waals surface area contributed by atoms with E-state index in [1.165, 1.54) is 0 Å². The minimum Gasteiger partial charge on any atom is -0.394 e. The second kappa shape index (κ2) is 5.08. The van der Waals surface area contributed by atoms with Crippen LogP contribution in [-0.2, 0) is 20.0 Å². The van der Waals surface area contributed by atoms with Crippen molar-refractivity contribution in [1.29, 1.82) is 0 Å². The molecule has 0 atom stereocenters. The molecule has 2 N–H and O–H groups in total. The number of nitrogens with two attached hydrogens (primary N) is 1. The van der Waals surface area contributed by atoms with Gasteiger partial charge in [0, 0.05) is 33.0 Å². The van der Waals surface area contributed by atoms with Crippen LogP contribution in [0.2, 0.25) is 0 Å². The average Bonchev–Trinajstić information content (AvgIpc) is 2.65. The van der Waals surface area contributed by atoms with Crippen molar-refractivity contribution >= 4 is 11.5 Å². The van der Waals surface area contributed by atoms with Crippen LogP contribution in [0.25, 0.3) is 0 Å². The molecule has 0 spiro atoms. The zero-order valence-corrected chi connectivity index (χ0v) is 11.1. The molecule has 96 valence electrons. The van der Waals surface area contributed by atoms with Crippen LogP contribution < -0.4 is 10.6 Å². The van der Waals surface area contributed by atoms with Crippen LogP contribution in [0.3, 0.4) is 0 Å². The molecule has 0 aliphatic heterocycles. The van der Waals surface area contributed by atoms with Gasteiger partial charge in [-0.05, 0) is 18.1 Å². The van der Waals surface area contributed by atoms with Gasteiger partial charge < -0.3 is 10.6 Å². The molecule has 18 heavy (non-hydrogen) atoms. The number of hydrogen-bond acceptors (Lipinski definition) is 4. The largest absolute Gasteiger partial charge is 0.394 e. The van der Waals surface area contributed by atoms with Gasteiger partial charge in [0.2, 0.25) is 0 Å². The fourth-order valence-corrected chi connectivity index (χ4v) is 2.14. The highest BCUT2D eigenvalue weighted by Crippen LogP contribution is 2.26. The van der Waals surface area contributed by atoms with E-state index in [0.717, 1.165) is 35.7 Å². The van der Waals surface area contributed by atoms with E-state index in [1.54, 1.807) is 6.20 Å². The SMILES string of the molecule is CCc1nn(C)c(N(C)Cc2cccnc2)c1N. The molecule has 2 heterocycles. The summed E-state index contributed by atoms with van der Waals surface area (Å²) >= 11 is 0. The summed E-state index contributed by atoms with van der Waals surface area (Å²) in [6.07, 6.45) is 4.49. The fraction of sp³-hybridized carbons (Fsp3) is 0.385. The van der Waals surface area contributed by atoms with E-state index in [0.29, 0.717) is 0 Å². The minimum absolute atomic E-state index is 0.765. The van der Waals surface area contributed by atoms with E-state index < -0.39 is 0 Å². The van der Waals surface area contributed by atoms with E-state index >= 15 is 0 Å². The molecule has 0 saturated heterocycles. The summed E-state index contributed by atoms with van der Waals surface area (Å²) in [5.41, 5.74) is 9.00. The van der Waals surface area contributed by atoms with Gasteiger partial charge in [0.05, 0.1) is 11.4 Å². The first-order chi connectivity index (χ1) is 8.63. The van der Waals surface area contributed by atoms with Crippen molar-refractivity contribution in [1.82, 2.24) is 14.8 Å². The lowest BCUT2D eigenvalue weighted by Crippen LogP contribution is -2.20. The summed E-state index contributed by atoms with van der Waals surface area (Å²) in [6, 6.07) is 3.99. The van der Waals surface area contributed by atoms with Gasteiger partial charge in [0.1, 0.15) is 5.82 Å². The van der Waals surface area contributed by atoms with Gasteiger partial charge in [-0.1, -0.05) is 13.0 Å². The van der Waals surface area contributed by atoms with Crippen LogP contribution >= 0.6 is 0 Å². The lowest BCUT2D eigenvalue weighted by molar-refractivity contribution is 0.720. The fourth-order valence-electron chi connectivity index (χ4n) is 2.14. The second-order valence-corrected chi connectivity index (χ2v) is 4.38. The van der Waals surface area contributed by atoms with Gasteiger partial charge in [-0.2, -0.15) is 5.10 Å². The van der Waals surface area contributed by atoms with E-state index in [2.05, 4.69) is 28.0 Å². The first-order valence-corrected chi connectivity index (χ1v) is 6.04. The molecule has 0 saturated carbocycles. The maximum absolute atomic E-state index is 6.13. The van der Waals surface area contributed by atoms with Crippen LogP contribution in [0, 0.1) is 0 Å². The molecule has 0 radical (unpaired) electrons. The van der Waals surface area contributed by atoms with E-state index in [9.17, 15) is 0 Å². The maximum atomic E-state index is 6.13. The smallest absolute Gasteiger partial charge is 0.150 e. The predicted octanol–water partition coefficient (Wildman–Crippen LogP) is 1.60. The topological polar surface area (TPSA) is 60.0 Å². The molecular weight excluding hydrogens is 226 g/mol. The Labute approximate surface area is 107 Å². The monoisotopic (exact) mass is 245 g/mol. The number of nitrogen functional groups attached to an aromatic ring is 1. The van der Waals surface area contributed by atoms with Crippen molar-refractivity contribution < 1.29 is 0 Å². The van der Waals surface area contributed by atoms with Crippen LogP contribution in [0.5, 0.6) is 0 Å². The predicted molar refractivity (Wildman–Crippen MR) is 73.3 cm³/mol. The standard InChI is InChI=1S/C13H19N5/c1-4-11-12(14)13(18(3)16-11)17(2)9-10-6-5-7-15-8-10/h5-8H,4,9,14H2,1-3H3. The van der Waals surface area contributed by atoms with Crippen LogP contribution in [0.15, 0.2) is 24.5 Å². The van der Waals surface area contributed by atoms with Crippen LogP contribution in [0.1, 0.15) is 18.2 Å². The lowest BCUT2D eigenvalue weighted by atomic mass is 10.2. The number of pyridine rings is 1. The van der Waals surface area contributed by atoms with Gasteiger partial charge in [0.25, 0.3) is 0 Å². The molecule has 0 amide bonds. The molecular formula is C13H19N5. The van der Waals surface area contributed by atoms with Gasteiger partial charge in [-0.3, -0.25) is 9.67 Å². The highest BCUT2D eigenvalue weighted by Gasteiger charge is 2.15.